The van der Waals surface area contributed by atoms with E-state index in [0.717, 1.165) is 25.7 Å². The molecule has 0 aromatic heterocycles. The monoisotopic (exact) mass is 608 g/mol. The van der Waals surface area contributed by atoms with Crippen molar-refractivity contribution in [1.82, 2.24) is 5.32 Å². The maximum Gasteiger partial charge on any atom is 0.220 e. The van der Waals surface area contributed by atoms with Crippen molar-refractivity contribution in [3.63, 3.8) is 0 Å². The number of aliphatic hydroxyl groups excluding tert-OH is 2. The van der Waals surface area contributed by atoms with Gasteiger partial charge < -0.3 is 15.5 Å². The lowest BCUT2D eigenvalue weighted by Crippen LogP contribution is -2.45. The largest absolute Gasteiger partial charge is 0.394 e. The molecule has 2 atom stereocenters. The normalized spacial score (nSPS) is 13.1. The first-order chi connectivity index (χ1) is 21.2. The van der Waals surface area contributed by atoms with Crippen LogP contribution in [-0.2, 0) is 4.79 Å². The molecule has 4 nitrogen and oxygen atoms in total. The van der Waals surface area contributed by atoms with E-state index in [1.54, 1.807) is 0 Å². The van der Waals surface area contributed by atoms with E-state index < -0.39 is 12.1 Å². The average molecular weight is 608 g/mol. The second-order valence-corrected chi connectivity index (χ2v) is 13.4. The number of hydrogen-bond donors (Lipinski definition) is 3. The third kappa shape index (κ3) is 32.3. The van der Waals surface area contributed by atoms with E-state index in [1.165, 1.54) is 161 Å². The molecule has 0 rings (SSSR count). The minimum Gasteiger partial charge on any atom is -0.394 e. The summed E-state index contributed by atoms with van der Waals surface area (Å²) in [5.74, 6) is -0.0395. The molecule has 0 aromatic rings. The van der Waals surface area contributed by atoms with Crippen LogP contribution in [0.5, 0.6) is 0 Å². The number of carbonyl (C=O) groups excluding carboxylic acids is 1. The molecule has 0 spiro atoms. The zero-order valence-corrected chi connectivity index (χ0v) is 29.2. The highest BCUT2D eigenvalue weighted by Crippen LogP contribution is 2.15. The van der Waals surface area contributed by atoms with Gasteiger partial charge in [-0.2, -0.15) is 0 Å². The fourth-order valence-electron chi connectivity index (χ4n) is 6.00. The van der Waals surface area contributed by atoms with Gasteiger partial charge in [-0.25, -0.2) is 0 Å². The predicted octanol–water partition coefficient (Wildman–Crippen LogP) is 11.5. The number of aliphatic hydroxyl groups is 2. The molecule has 1 amide bonds. The molecule has 0 unspecified atom stereocenters. The highest BCUT2D eigenvalue weighted by atomic mass is 16.3. The first-order valence-corrected chi connectivity index (χ1v) is 19.4. The number of nitrogens with one attached hydrogen (secondary N) is 1. The van der Waals surface area contributed by atoms with Gasteiger partial charge in [0.1, 0.15) is 0 Å². The van der Waals surface area contributed by atoms with Crippen LogP contribution in [0.1, 0.15) is 213 Å². The van der Waals surface area contributed by atoms with Gasteiger partial charge in [-0.05, 0) is 38.5 Å². The summed E-state index contributed by atoms with van der Waals surface area (Å²) in [7, 11) is 0. The van der Waals surface area contributed by atoms with Crippen LogP contribution in [0.3, 0.4) is 0 Å². The molecule has 0 saturated heterocycles. The Labute approximate surface area is 269 Å². The van der Waals surface area contributed by atoms with Crippen molar-refractivity contribution in [2.75, 3.05) is 6.61 Å². The molecule has 0 aliphatic heterocycles. The number of carbonyl (C=O) groups is 1. The van der Waals surface area contributed by atoms with E-state index >= 15 is 0 Å². The Kier molecular flexibility index (Phi) is 34.9. The van der Waals surface area contributed by atoms with Gasteiger partial charge >= 0.3 is 0 Å². The zero-order valence-electron chi connectivity index (χ0n) is 29.2. The zero-order chi connectivity index (χ0) is 31.5. The van der Waals surface area contributed by atoms with E-state index in [9.17, 15) is 15.0 Å². The molecule has 256 valence electrons. The van der Waals surface area contributed by atoms with Crippen LogP contribution in [0.2, 0.25) is 0 Å². The van der Waals surface area contributed by atoms with Crippen LogP contribution in [0.25, 0.3) is 0 Å². The molecule has 0 aromatic carbocycles. The fourth-order valence-corrected chi connectivity index (χ4v) is 6.00. The summed E-state index contributed by atoms with van der Waals surface area (Å²) >= 11 is 0. The van der Waals surface area contributed by atoms with Crippen molar-refractivity contribution in [1.29, 1.82) is 0 Å². The van der Waals surface area contributed by atoms with Crippen molar-refractivity contribution >= 4 is 5.91 Å². The molecule has 3 N–H and O–H groups in total. The Hall–Kier alpha value is -0.870. The van der Waals surface area contributed by atoms with Gasteiger partial charge in [0.25, 0.3) is 0 Å². The predicted molar refractivity (Wildman–Crippen MR) is 189 cm³/mol. The Morgan fingerprint density at radius 2 is 0.884 bits per heavy atom. The van der Waals surface area contributed by atoms with Crippen molar-refractivity contribution in [2.24, 2.45) is 0 Å². The van der Waals surface area contributed by atoms with Crippen LogP contribution < -0.4 is 5.32 Å². The van der Waals surface area contributed by atoms with Crippen molar-refractivity contribution in [3.05, 3.63) is 12.2 Å². The lowest BCUT2D eigenvalue weighted by molar-refractivity contribution is -0.123. The van der Waals surface area contributed by atoms with Gasteiger partial charge in [0, 0.05) is 6.42 Å². The van der Waals surface area contributed by atoms with Gasteiger partial charge in [-0.1, -0.05) is 180 Å². The number of amides is 1. The number of hydrogen-bond acceptors (Lipinski definition) is 3. The lowest BCUT2D eigenvalue weighted by Gasteiger charge is -2.22. The number of allylic oxidation sites excluding steroid dienone is 2. The Bertz CT molecular complexity index is 579. The van der Waals surface area contributed by atoms with E-state index in [-0.39, 0.29) is 12.5 Å². The summed E-state index contributed by atoms with van der Waals surface area (Å²) < 4.78 is 0. The molecule has 0 saturated carbocycles. The minimum absolute atomic E-state index is 0.0395. The van der Waals surface area contributed by atoms with Crippen LogP contribution in [0.15, 0.2) is 12.2 Å². The van der Waals surface area contributed by atoms with Crippen LogP contribution >= 0.6 is 0 Å². The number of unbranched alkanes of at least 4 members (excludes halogenated alkanes) is 26. The second kappa shape index (κ2) is 35.6. The first-order valence-electron chi connectivity index (χ1n) is 19.4. The van der Waals surface area contributed by atoms with Crippen LogP contribution in [-0.4, -0.2) is 34.9 Å². The first kappa shape index (κ1) is 42.1. The molecule has 0 fully saturated rings. The Morgan fingerprint density at radius 3 is 1.28 bits per heavy atom. The second-order valence-electron chi connectivity index (χ2n) is 13.4. The number of rotatable bonds is 35. The van der Waals surface area contributed by atoms with Gasteiger partial charge in [-0.3, -0.25) is 4.79 Å². The molecule has 0 aliphatic rings. The smallest absolute Gasteiger partial charge is 0.220 e. The Balaban J connectivity index is 3.54. The van der Waals surface area contributed by atoms with Crippen molar-refractivity contribution in [2.45, 2.75) is 225 Å². The van der Waals surface area contributed by atoms with Gasteiger partial charge in [-0.15, -0.1) is 0 Å². The summed E-state index contributed by atoms with van der Waals surface area (Å²) in [6, 6.07) is -0.535. The minimum atomic E-state index is -0.658. The molecule has 0 aliphatic carbocycles. The SMILES string of the molecule is CCCCCCC/C=C/CCCCCCCC(=O)N[C@@H](CO)[C@H](O)CCCCCCCCCCCCCCCCCCC. The third-order valence-electron chi connectivity index (χ3n) is 9.03. The van der Waals surface area contributed by atoms with E-state index in [4.69, 9.17) is 0 Å². The Morgan fingerprint density at radius 1 is 0.535 bits per heavy atom. The van der Waals surface area contributed by atoms with Crippen LogP contribution in [0.4, 0.5) is 0 Å². The maximum absolute atomic E-state index is 12.3. The summed E-state index contributed by atoms with van der Waals surface area (Å²) in [4.78, 5) is 12.3. The summed E-state index contributed by atoms with van der Waals surface area (Å²) in [6.07, 6.45) is 42.7. The van der Waals surface area contributed by atoms with Crippen molar-refractivity contribution in [3.8, 4) is 0 Å². The summed E-state index contributed by atoms with van der Waals surface area (Å²) in [5, 5.41) is 23.1. The van der Waals surface area contributed by atoms with Gasteiger partial charge in [0.15, 0.2) is 0 Å². The molecule has 43 heavy (non-hydrogen) atoms. The molecule has 0 bridgehead atoms. The fraction of sp³-hybridized carbons (Fsp3) is 0.923. The molecule has 4 heteroatoms. The van der Waals surface area contributed by atoms with E-state index in [1.807, 2.05) is 0 Å². The van der Waals surface area contributed by atoms with Gasteiger partial charge in [0.2, 0.25) is 5.91 Å². The standard InChI is InChI=1S/C39H77NO3/c1-3-5-7-9-11-13-15-17-19-20-21-22-24-26-28-30-32-34-38(42)37(36-41)40-39(43)35-33-31-29-27-25-23-18-16-14-12-10-8-6-4-2/h16,18,37-38,41-42H,3-15,17,19-36H2,1-2H3,(H,40,43)/b18-16+/t37-,38+/m0/s1. The quantitative estimate of drug-likeness (QED) is 0.0496. The summed E-state index contributed by atoms with van der Waals surface area (Å²) in [6.45, 7) is 4.35. The molecular formula is C39H77NO3. The molecular weight excluding hydrogens is 530 g/mol. The highest BCUT2D eigenvalue weighted by Gasteiger charge is 2.19. The van der Waals surface area contributed by atoms with Crippen LogP contribution in [0, 0.1) is 0 Å². The average Bonchev–Trinajstić information content (AvgIpc) is 3.01. The topological polar surface area (TPSA) is 69.6 Å². The summed E-state index contributed by atoms with van der Waals surface area (Å²) in [5.41, 5.74) is 0. The van der Waals surface area contributed by atoms with Crippen molar-refractivity contribution < 1.29 is 15.0 Å². The maximum atomic E-state index is 12.3. The van der Waals surface area contributed by atoms with E-state index in [0.29, 0.717) is 12.8 Å². The van der Waals surface area contributed by atoms with Gasteiger partial charge in [0.05, 0.1) is 18.8 Å². The highest BCUT2D eigenvalue weighted by molar-refractivity contribution is 5.76. The lowest BCUT2D eigenvalue weighted by atomic mass is 10.0. The molecule has 0 heterocycles. The molecule has 0 radical (unpaired) electrons. The van der Waals surface area contributed by atoms with E-state index in [2.05, 4.69) is 31.3 Å². The third-order valence-corrected chi connectivity index (χ3v) is 9.03.